The molecule has 5 heteroatoms. The van der Waals surface area contributed by atoms with Gasteiger partial charge in [0.05, 0.1) is 18.7 Å². The highest BCUT2D eigenvalue weighted by molar-refractivity contribution is 5.89. The van der Waals surface area contributed by atoms with Crippen LogP contribution in [0, 0.1) is 0 Å². The van der Waals surface area contributed by atoms with E-state index in [0.29, 0.717) is 5.56 Å². The molecule has 5 nitrogen and oxygen atoms in total. The van der Waals surface area contributed by atoms with Gasteiger partial charge in [0.1, 0.15) is 17.5 Å². The molecular weight excluding hydrogens is 282 g/mol. The number of methoxy groups -OCH3 is 1. The Hall–Kier alpha value is -1.59. The number of fused-ring (bicyclic) bond motifs is 1. The summed E-state index contributed by atoms with van der Waals surface area (Å²) in [6.45, 7) is 5.72. The Labute approximate surface area is 130 Å². The molecule has 0 radical (unpaired) electrons. The molecular formula is C17H23NO4. The van der Waals surface area contributed by atoms with Crippen LogP contribution in [0.4, 0.5) is 0 Å². The maximum atomic E-state index is 11.8. The van der Waals surface area contributed by atoms with Gasteiger partial charge in [-0.05, 0) is 58.0 Å². The van der Waals surface area contributed by atoms with Gasteiger partial charge in [0.15, 0.2) is 0 Å². The highest BCUT2D eigenvalue weighted by Crippen LogP contribution is 2.44. The lowest BCUT2D eigenvalue weighted by Crippen LogP contribution is -2.53. The number of ether oxygens (including phenoxy) is 2. The monoisotopic (exact) mass is 305 g/mol. The largest absolute Gasteiger partial charge is 0.485 e. The number of esters is 1. The zero-order valence-electron chi connectivity index (χ0n) is 13.3. The van der Waals surface area contributed by atoms with E-state index in [2.05, 4.69) is 4.90 Å². The van der Waals surface area contributed by atoms with Gasteiger partial charge in [-0.2, -0.15) is 0 Å². The molecule has 3 rings (SSSR count). The minimum absolute atomic E-state index is 0.147. The Morgan fingerprint density at radius 3 is 2.68 bits per heavy atom. The van der Waals surface area contributed by atoms with Crippen molar-refractivity contribution in [2.75, 3.05) is 20.2 Å². The van der Waals surface area contributed by atoms with E-state index in [9.17, 15) is 9.90 Å². The normalized spacial score (nSPS) is 27.1. The van der Waals surface area contributed by atoms with Crippen LogP contribution in [0.25, 0.3) is 0 Å². The number of carbonyl (C=O) groups is 1. The van der Waals surface area contributed by atoms with Crippen molar-refractivity contribution >= 4 is 5.97 Å². The molecule has 0 bridgehead atoms. The summed E-state index contributed by atoms with van der Waals surface area (Å²) in [7, 11) is 1.37. The molecule has 1 saturated heterocycles. The van der Waals surface area contributed by atoms with Crippen LogP contribution in [0.3, 0.4) is 0 Å². The van der Waals surface area contributed by atoms with Crippen LogP contribution in [0.2, 0.25) is 0 Å². The molecule has 2 heterocycles. The molecule has 0 aromatic heterocycles. The first-order valence-corrected chi connectivity index (χ1v) is 7.77. The van der Waals surface area contributed by atoms with Crippen molar-refractivity contribution in [2.24, 2.45) is 0 Å². The molecule has 0 spiro atoms. The van der Waals surface area contributed by atoms with Gasteiger partial charge in [0, 0.05) is 5.56 Å². The van der Waals surface area contributed by atoms with Gasteiger partial charge >= 0.3 is 5.97 Å². The third kappa shape index (κ3) is 2.48. The predicted octanol–water partition coefficient (Wildman–Crippen LogP) is 2.14. The maximum absolute atomic E-state index is 11.8. The summed E-state index contributed by atoms with van der Waals surface area (Å²) in [5, 5.41) is 10.8. The van der Waals surface area contributed by atoms with Crippen LogP contribution in [0.1, 0.15) is 48.7 Å². The molecule has 1 N–H and O–H groups in total. The van der Waals surface area contributed by atoms with Gasteiger partial charge < -0.3 is 14.6 Å². The van der Waals surface area contributed by atoms with Crippen LogP contribution >= 0.6 is 0 Å². The third-order valence-corrected chi connectivity index (χ3v) is 4.67. The lowest BCUT2D eigenvalue weighted by atomic mass is 9.85. The average molecular weight is 305 g/mol. The third-order valence-electron chi connectivity index (χ3n) is 4.67. The topological polar surface area (TPSA) is 59.0 Å². The van der Waals surface area contributed by atoms with Gasteiger partial charge in [-0.1, -0.05) is 0 Å². The first-order valence-electron chi connectivity index (χ1n) is 7.77. The molecule has 2 atom stereocenters. The maximum Gasteiger partial charge on any atom is 0.337 e. The molecule has 1 fully saturated rings. The first-order chi connectivity index (χ1) is 10.4. The molecule has 120 valence electrons. The number of aliphatic hydroxyl groups excluding tert-OH is 1. The molecule has 0 amide bonds. The number of rotatable bonds is 2. The fourth-order valence-electron chi connectivity index (χ4n) is 3.43. The standard InChI is InChI=1S/C17H23NO4/c1-17(2)15(19)14(18-8-4-5-9-18)12-10-11(16(20)21-3)6-7-13(12)22-17/h6-7,10,14-15,19H,4-5,8-9H2,1-3H3/t14-,15+/m1/s1. The van der Waals surface area contributed by atoms with Gasteiger partial charge in [-0.3, -0.25) is 4.90 Å². The molecule has 2 aliphatic rings. The fraction of sp³-hybridized carbons (Fsp3) is 0.588. The number of nitrogens with zero attached hydrogens (tertiary/aromatic N) is 1. The average Bonchev–Trinajstić information content (AvgIpc) is 3.01. The van der Waals surface area contributed by atoms with E-state index in [4.69, 9.17) is 9.47 Å². The number of likely N-dealkylation sites (tertiary alicyclic amines) is 1. The van der Waals surface area contributed by atoms with Gasteiger partial charge in [-0.15, -0.1) is 0 Å². The van der Waals surface area contributed by atoms with E-state index in [1.807, 2.05) is 13.8 Å². The second-order valence-corrected chi connectivity index (χ2v) is 6.58. The molecule has 22 heavy (non-hydrogen) atoms. The quantitative estimate of drug-likeness (QED) is 0.848. The summed E-state index contributed by atoms with van der Waals surface area (Å²) >= 11 is 0. The number of hydrogen-bond acceptors (Lipinski definition) is 5. The van der Waals surface area contributed by atoms with E-state index >= 15 is 0 Å². The van der Waals surface area contributed by atoms with Crippen LogP contribution in [0.15, 0.2) is 18.2 Å². The summed E-state index contributed by atoms with van der Waals surface area (Å²) in [4.78, 5) is 14.1. The van der Waals surface area contributed by atoms with Crippen molar-refractivity contribution in [2.45, 2.75) is 44.4 Å². The minimum atomic E-state index is -0.660. The van der Waals surface area contributed by atoms with Crippen LogP contribution in [0.5, 0.6) is 5.75 Å². The Kier molecular flexibility index (Phi) is 3.87. The SMILES string of the molecule is COC(=O)c1ccc2c(c1)[C@@H](N1CCCC1)[C@H](O)C(C)(C)O2. The zero-order valence-corrected chi connectivity index (χ0v) is 13.3. The predicted molar refractivity (Wildman–Crippen MR) is 82.0 cm³/mol. The van der Waals surface area contributed by atoms with Gasteiger partial charge in [0.2, 0.25) is 0 Å². The van der Waals surface area contributed by atoms with Crippen LogP contribution in [-0.2, 0) is 4.74 Å². The first kappa shape index (κ1) is 15.3. The molecule has 0 aliphatic carbocycles. The van der Waals surface area contributed by atoms with Crippen molar-refractivity contribution in [3.05, 3.63) is 29.3 Å². The Balaban J connectivity index is 2.06. The molecule has 2 aliphatic heterocycles. The summed E-state index contributed by atoms with van der Waals surface area (Å²) in [6, 6.07) is 5.16. The van der Waals surface area contributed by atoms with Crippen molar-refractivity contribution in [3.8, 4) is 5.75 Å². The highest BCUT2D eigenvalue weighted by Gasteiger charge is 2.46. The number of benzene rings is 1. The number of aliphatic hydroxyl groups is 1. The van der Waals surface area contributed by atoms with E-state index in [1.54, 1.807) is 18.2 Å². The van der Waals surface area contributed by atoms with Crippen molar-refractivity contribution in [1.29, 1.82) is 0 Å². The molecule has 1 aromatic carbocycles. The molecule has 0 unspecified atom stereocenters. The smallest absolute Gasteiger partial charge is 0.337 e. The van der Waals surface area contributed by atoms with Crippen molar-refractivity contribution < 1.29 is 19.4 Å². The van der Waals surface area contributed by atoms with E-state index in [1.165, 1.54) is 7.11 Å². The highest BCUT2D eigenvalue weighted by atomic mass is 16.5. The Morgan fingerprint density at radius 2 is 2.05 bits per heavy atom. The minimum Gasteiger partial charge on any atom is -0.485 e. The zero-order chi connectivity index (χ0) is 15.9. The van der Waals surface area contributed by atoms with Gasteiger partial charge in [-0.25, -0.2) is 4.79 Å². The summed E-state index contributed by atoms with van der Waals surface area (Å²) < 4.78 is 10.8. The number of carbonyl (C=O) groups excluding carboxylic acids is 1. The Bertz CT molecular complexity index is 578. The van der Waals surface area contributed by atoms with Crippen LogP contribution < -0.4 is 4.74 Å². The van der Waals surface area contributed by atoms with Crippen molar-refractivity contribution in [1.82, 2.24) is 4.90 Å². The van der Waals surface area contributed by atoms with Gasteiger partial charge in [0.25, 0.3) is 0 Å². The summed E-state index contributed by atoms with van der Waals surface area (Å²) in [6.07, 6.45) is 1.62. The van der Waals surface area contributed by atoms with E-state index in [0.717, 1.165) is 37.2 Å². The summed E-state index contributed by atoms with van der Waals surface area (Å²) in [5.41, 5.74) is 0.699. The lowest BCUT2D eigenvalue weighted by Gasteiger charge is -2.45. The Morgan fingerprint density at radius 1 is 1.36 bits per heavy atom. The van der Waals surface area contributed by atoms with E-state index in [-0.39, 0.29) is 12.0 Å². The number of hydrogen-bond donors (Lipinski definition) is 1. The molecule has 1 aromatic rings. The molecule has 0 saturated carbocycles. The lowest BCUT2D eigenvalue weighted by molar-refractivity contribution is -0.0895. The second-order valence-electron chi connectivity index (χ2n) is 6.58. The second kappa shape index (κ2) is 5.56. The fourth-order valence-corrected chi connectivity index (χ4v) is 3.43. The van der Waals surface area contributed by atoms with Crippen molar-refractivity contribution in [3.63, 3.8) is 0 Å². The summed E-state index contributed by atoms with van der Waals surface area (Å²) in [5.74, 6) is 0.363. The van der Waals surface area contributed by atoms with E-state index < -0.39 is 11.7 Å². The van der Waals surface area contributed by atoms with Crippen LogP contribution in [-0.4, -0.2) is 47.9 Å².